The van der Waals surface area contributed by atoms with Gasteiger partial charge in [0.25, 0.3) is 0 Å². The SMILES string of the molecule is COc1ccc(CN(C)CC2(C)CCNC2)cc1. The van der Waals surface area contributed by atoms with Gasteiger partial charge in [0.05, 0.1) is 7.11 Å². The first-order chi connectivity index (χ1) is 8.61. The molecular weight excluding hydrogens is 224 g/mol. The summed E-state index contributed by atoms with van der Waals surface area (Å²) in [5, 5.41) is 3.45. The molecule has 100 valence electrons. The fraction of sp³-hybridized carbons (Fsp3) is 0.600. The van der Waals surface area contributed by atoms with Crippen LogP contribution >= 0.6 is 0 Å². The molecule has 1 aliphatic heterocycles. The van der Waals surface area contributed by atoms with Gasteiger partial charge in [-0.25, -0.2) is 0 Å². The van der Waals surface area contributed by atoms with Gasteiger partial charge in [0.2, 0.25) is 0 Å². The summed E-state index contributed by atoms with van der Waals surface area (Å²) in [6, 6.07) is 8.35. The number of nitrogens with one attached hydrogen (secondary N) is 1. The van der Waals surface area contributed by atoms with Crippen LogP contribution in [-0.2, 0) is 6.54 Å². The van der Waals surface area contributed by atoms with E-state index in [4.69, 9.17) is 4.74 Å². The van der Waals surface area contributed by atoms with Crippen LogP contribution < -0.4 is 10.1 Å². The van der Waals surface area contributed by atoms with Crippen molar-refractivity contribution in [3.8, 4) is 5.75 Å². The normalized spacial score (nSPS) is 23.6. The molecule has 1 atom stereocenters. The lowest BCUT2D eigenvalue weighted by atomic mass is 9.89. The highest BCUT2D eigenvalue weighted by molar-refractivity contribution is 5.27. The van der Waals surface area contributed by atoms with E-state index in [2.05, 4.69) is 36.3 Å². The molecule has 1 aliphatic rings. The standard InChI is InChI=1S/C15H24N2O/c1-15(8-9-16-11-15)12-17(2)10-13-4-6-14(18-3)7-5-13/h4-7,16H,8-12H2,1-3H3. The van der Waals surface area contributed by atoms with E-state index < -0.39 is 0 Å². The number of hydrogen-bond donors (Lipinski definition) is 1. The van der Waals surface area contributed by atoms with Crippen LogP contribution in [0, 0.1) is 5.41 Å². The summed E-state index contributed by atoms with van der Waals surface area (Å²) >= 11 is 0. The molecule has 1 unspecified atom stereocenters. The number of hydrogen-bond acceptors (Lipinski definition) is 3. The molecule has 1 fully saturated rings. The van der Waals surface area contributed by atoms with E-state index in [0.29, 0.717) is 5.41 Å². The molecule has 1 aromatic rings. The van der Waals surface area contributed by atoms with Crippen LogP contribution in [0.2, 0.25) is 0 Å². The Balaban J connectivity index is 1.88. The van der Waals surface area contributed by atoms with Gasteiger partial charge >= 0.3 is 0 Å². The summed E-state index contributed by atoms with van der Waals surface area (Å²) in [5.41, 5.74) is 1.77. The van der Waals surface area contributed by atoms with Crippen molar-refractivity contribution in [1.29, 1.82) is 0 Å². The molecule has 1 aromatic carbocycles. The lowest BCUT2D eigenvalue weighted by Gasteiger charge is -2.29. The smallest absolute Gasteiger partial charge is 0.118 e. The quantitative estimate of drug-likeness (QED) is 0.864. The van der Waals surface area contributed by atoms with Crippen LogP contribution in [0.4, 0.5) is 0 Å². The Labute approximate surface area is 110 Å². The highest BCUT2D eigenvalue weighted by atomic mass is 16.5. The first-order valence-electron chi connectivity index (χ1n) is 6.63. The molecule has 18 heavy (non-hydrogen) atoms. The maximum absolute atomic E-state index is 5.18. The van der Waals surface area contributed by atoms with Gasteiger partial charge in [-0.1, -0.05) is 19.1 Å². The van der Waals surface area contributed by atoms with Crippen molar-refractivity contribution in [3.63, 3.8) is 0 Å². The zero-order chi connectivity index (χ0) is 13.0. The first-order valence-corrected chi connectivity index (χ1v) is 6.63. The van der Waals surface area contributed by atoms with E-state index >= 15 is 0 Å². The number of nitrogens with zero attached hydrogens (tertiary/aromatic N) is 1. The molecule has 0 bridgehead atoms. The summed E-state index contributed by atoms with van der Waals surface area (Å²) in [7, 11) is 3.91. The van der Waals surface area contributed by atoms with E-state index in [1.807, 2.05) is 12.1 Å². The molecule has 0 aromatic heterocycles. The van der Waals surface area contributed by atoms with E-state index in [-0.39, 0.29) is 0 Å². The molecule has 2 rings (SSSR count). The van der Waals surface area contributed by atoms with Crippen molar-refractivity contribution in [2.45, 2.75) is 19.9 Å². The van der Waals surface area contributed by atoms with Crippen molar-refractivity contribution < 1.29 is 4.74 Å². The monoisotopic (exact) mass is 248 g/mol. The Hall–Kier alpha value is -1.06. The second-order valence-electron chi connectivity index (χ2n) is 5.76. The Morgan fingerprint density at radius 2 is 2.06 bits per heavy atom. The number of rotatable bonds is 5. The van der Waals surface area contributed by atoms with Crippen LogP contribution in [0.3, 0.4) is 0 Å². The van der Waals surface area contributed by atoms with Gasteiger partial charge in [-0.15, -0.1) is 0 Å². The maximum atomic E-state index is 5.18. The van der Waals surface area contributed by atoms with Crippen molar-refractivity contribution in [2.75, 3.05) is 33.8 Å². The van der Waals surface area contributed by atoms with Crippen LogP contribution in [0.1, 0.15) is 18.9 Å². The van der Waals surface area contributed by atoms with Crippen LogP contribution in [0.25, 0.3) is 0 Å². The van der Waals surface area contributed by atoms with Crippen molar-refractivity contribution >= 4 is 0 Å². The first kappa shape index (κ1) is 13.4. The summed E-state index contributed by atoms with van der Waals surface area (Å²) in [6.45, 7) is 6.82. The van der Waals surface area contributed by atoms with Crippen LogP contribution in [-0.4, -0.2) is 38.7 Å². The topological polar surface area (TPSA) is 24.5 Å². The lowest BCUT2D eigenvalue weighted by Crippen LogP contribution is -2.34. The molecule has 3 heteroatoms. The summed E-state index contributed by atoms with van der Waals surface area (Å²) in [6.07, 6.45) is 1.28. The second-order valence-corrected chi connectivity index (χ2v) is 5.76. The van der Waals surface area contributed by atoms with Crippen molar-refractivity contribution in [1.82, 2.24) is 10.2 Å². The molecule has 1 N–H and O–H groups in total. The molecule has 1 heterocycles. The number of ether oxygens (including phenoxy) is 1. The van der Waals surface area contributed by atoms with Gasteiger partial charge in [-0.3, -0.25) is 0 Å². The zero-order valence-corrected chi connectivity index (χ0v) is 11.7. The van der Waals surface area contributed by atoms with E-state index in [1.54, 1.807) is 7.11 Å². The predicted molar refractivity (Wildman–Crippen MR) is 74.9 cm³/mol. The lowest BCUT2D eigenvalue weighted by molar-refractivity contribution is 0.203. The van der Waals surface area contributed by atoms with Crippen LogP contribution in [0.15, 0.2) is 24.3 Å². The molecule has 0 spiro atoms. The van der Waals surface area contributed by atoms with Gasteiger partial charge in [0, 0.05) is 19.6 Å². The molecule has 0 saturated carbocycles. The van der Waals surface area contributed by atoms with Crippen LogP contribution in [0.5, 0.6) is 5.75 Å². The Kier molecular flexibility index (Phi) is 4.25. The predicted octanol–water partition coefficient (Wildman–Crippen LogP) is 2.13. The molecule has 1 saturated heterocycles. The largest absolute Gasteiger partial charge is 0.497 e. The fourth-order valence-corrected chi connectivity index (χ4v) is 2.75. The summed E-state index contributed by atoms with van der Waals surface area (Å²) < 4.78 is 5.18. The van der Waals surface area contributed by atoms with Gasteiger partial charge in [-0.2, -0.15) is 0 Å². The zero-order valence-electron chi connectivity index (χ0n) is 11.7. The Bertz CT molecular complexity index is 369. The van der Waals surface area contributed by atoms with Crippen molar-refractivity contribution in [3.05, 3.63) is 29.8 Å². The van der Waals surface area contributed by atoms with E-state index in [1.165, 1.54) is 12.0 Å². The van der Waals surface area contributed by atoms with E-state index in [0.717, 1.165) is 31.9 Å². The minimum atomic E-state index is 0.432. The van der Waals surface area contributed by atoms with Gasteiger partial charge in [-0.05, 0) is 43.1 Å². The highest BCUT2D eigenvalue weighted by Crippen LogP contribution is 2.25. The third kappa shape index (κ3) is 3.47. The summed E-state index contributed by atoms with van der Waals surface area (Å²) in [4.78, 5) is 2.41. The molecule has 0 aliphatic carbocycles. The molecule has 0 amide bonds. The van der Waals surface area contributed by atoms with Gasteiger partial charge < -0.3 is 15.0 Å². The molecule has 3 nitrogen and oxygen atoms in total. The number of methoxy groups -OCH3 is 1. The fourth-order valence-electron chi connectivity index (χ4n) is 2.75. The van der Waals surface area contributed by atoms with E-state index in [9.17, 15) is 0 Å². The third-order valence-electron chi connectivity index (χ3n) is 3.72. The maximum Gasteiger partial charge on any atom is 0.118 e. The average molecular weight is 248 g/mol. The molecule has 0 radical (unpaired) electrons. The Morgan fingerprint density at radius 3 is 2.61 bits per heavy atom. The molecular formula is C15H24N2O. The Morgan fingerprint density at radius 1 is 1.33 bits per heavy atom. The highest BCUT2D eigenvalue weighted by Gasteiger charge is 2.29. The average Bonchev–Trinajstić information content (AvgIpc) is 2.76. The van der Waals surface area contributed by atoms with Gasteiger partial charge in [0.15, 0.2) is 0 Å². The minimum absolute atomic E-state index is 0.432. The van der Waals surface area contributed by atoms with Crippen molar-refractivity contribution in [2.24, 2.45) is 5.41 Å². The number of benzene rings is 1. The second kappa shape index (κ2) is 5.72. The third-order valence-corrected chi connectivity index (χ3v) is 3.72. The summed E-state index contributed by atoms with van der Waals surface area (Å²) in [5.74, 6) is 0.924. The van der Waals surface area contributed by atoms with Gasteiger partial charge in [0.1, 0.15) is 5.75 Å². The minimum Gasteiger partial charge on any atom is -0.497 e.